The third kappa shape index (κ3) is 6.08. The number of piperazine rings is 1. The van der Waals surface area contributed by atoms with E-state index in [1.165, 1.54) is 31.4 Å². The van der Waals surface area contributed by atoms with Crippen LogP contribution in [0.2, 0.25) is 0 Å². The largest absolute Gasteiger partial charge is 0.444 e. The summed E-state index contributed by atoms with van der Waals surface area (Å²) in [5.74, 6) is 1.69. The maximum absolute atomic E-state index is 12.2. The van der Waals surface area contributed by atoms with Crippen molar-refractivity contribution in [2.75, 3.05) is 44.2 Å². The van der Waals surface area contributed by atoms with E-state index >= 15 is 0 Å². The van der Waals surface area contributed by atoms with Gasteiger partial charge in [-0.25, -0.2) is 9.78 Å². The van der Waals surface area contributed by atoms with Crippen LogP contribution in [0.4, 0.5) is 10.6 Å². The standard InChI is InChI=1S/C23H38N4O2/c1-18(2)17-27-11-7-6-8-20(27)19-9-10-21(24-16-19)25-12-14-26(15-13-25)22(28)29-23(3,4)5/h9-10,16,18,20H,6-8,11-15,17H2,1-5H3/t20-/m0/s1. The Labute approximate surface area is 176 Å². The number of likely N-dealkylation sites (tertiary alicyclic amines) is 1. The molecular weight excluding hydrogens is 364 g/mol. The van der Waals surface area contributed by atoms with E-state index in [-0.39, 0.29) is 6.09 Å². The van der Waals surface area contributed by atoms with E-state index in [9.17, 15) is 4.79 Å². The summed E-state index contributed by atoms with van der Waals surface area (Å²) in [6, 6.07) is 4.91. The van der Waals surface area contributed by atoms with E-state index in [2.05, 4.69) is 42.0 Å². The number of carbonyl (C=O) groups excluding carboxylic acids is 1. The molecule has 3 heterocycles. The van der Waals surface area contributed by atoms with Crippen LogP contribution < -0.4 is 4.90 Å². The second-order valence-electron chi connectivity index (χ2n) is 9.80. The highest BCUT2D eigenvalue weighted by Crippen LogP contribution is 2.31. The van der Waals surface area contributed by atoms with E-state index in [0.717, 1.165) is 25.5 Å². The Bertz CT molecular complexity index is 660. The van der Waals surface area contributed by atoms with Gasteiger partial charge in [0.15, 0.2) is 0 Å². The van der Waals surface area contributed by atoms with E-state index in [0.29, 0.717) is 25.0 Å². The molecule has 2 aliphatic rings. The zero-order valence-electron chi connectivity index (χ0n) is 18.9. The Morgan fingerprint density at radius 1 is 1.14 bits per heavy atom. The highest BCUT2D eigenvalue weighted by atomic mass is 16.6. The molecule has 2 aliphatic heterocycles. The normalized spacial score (nSPS) is 21.5. The second kappa shape index (κ2) is 9.33. The van der Waals surface area contributed by atoms with Gasteiger partial charge in [-0.05, 0) is 57.7 Å². The fourth-order valence-electron chi connectivity index (χ4n) is 4.28. The van der Waals surface area contributed by atoms with E-state index in [1.807, 2.05) is 20.8 Å². The van der Waals surface area contributed by atoms with Crippen LogP contribution in [0.15, 0.2) is 18.3 Å². The van der Waals surface area contributed by atoms with Gasteiger partial charge in [0, 0.05) is 45.0 Å². The lowest BCUT2D eigenvalue weighted by Crippen LogP contribution is -2.50. The molecule has 0 bridgehead atoms. The molecular formula is C23H38N4O2. The Morgan fingerprint density at radius 3 is 2.45 bits per heavy atom. The van der Waals surface area contributed by atoms with Gasteiger partial charge in [0.25, 0.3) is 0 Å². The molecule has 1 aromatic rings. The molecule has 0 spiro atoms. The third-order valence-corrected chi connectivity index (χ3v) is 5.62. The SMILES string of the molecule is CC(C)CN1CCCC[C@H]1c1ccc(N2CCN(C(=O)OC(C)(C)C)CC2)nc1. The molecule has 0 N–H and O–H groups in total. The Balaban J connectivity index is 1.57. The average Bonchev–Trinajstić information content (AvgIpc) is 2.67. The van der Waals surface area contributed by atoms with Gasteiger partial charge in [-0.3, -0.25) is 4.90 Å². The number of hydrogen-bond acceptors (Lipinski definition) is 5. The van der Waals surface area contributed by atoms with Crippen molar-refractivity contribution < 1.29 is 9.53 Å². The summed E-state index contributed by atoms with van der Waals surface area (Å²) in [6.45, 7) is 15.6. The van der Waals surface area contributed by atoms with Crippen LogP contribution >= 0.6 is 0 Å². The fourth-order valence-corrected chi connectivity index (χ4v) is 4.28. The van der Waals surface area contributed by atoms with Crippen LogP contribution in [-0.4, -0.2) is 65.7 Å². The highest BCUT2D eigenvalue weighted by molar-refractivity contribution is 5.68. The van der Waals surface area contributed by atoms with Crippen LogP contribution in [0.3, 0.4) is 0 Å². The van der Waals surface area contributed by atoms with Gasteiger partial charge < -0.3 is 14.5 Å². The van der Waals surface area contributed by atoms with Gasteiger partial charge in [-0.15, -0.1) is 0 Å². The Hall–Kier alpha value is -1.82. The van der Waals surface area contributed by atoms with Crippen LogP contribution in [-0.2, 0) is 4.74 Å². The molecule has 6 heteroatoms. The molecule has 3 rings (SSSR count). The molecule has 0 aromatic carbocycles. The van der Waals surface area contributed by atoms with E-state index in [1.54, 1.807) is 4.90 Å². The summed E-state index contributed by atoms with van der Waals surface area (Å²) in [5, 5.41) is 0. The molecule has 0 radical (unpaired) electrons. The number of piperidine rings is 1. The van der Waals surface area contributed by atoms with Crippen molar-refractivity contribution in [2.24, 2.45) is 5.92 Å². The van der Waals surface area contributed by atoms with Crippen molar-refractivity contribution >= 4 is 11.9 Å². The molecule has 29 heavy (non-hydrogen) atoms. The molecule has 0 saturated carbocycles. The van der Waals surface area contributed by atoms with Crippen LogP contribution in [0.1, 0.15) is 65.5 Å². The summed E-state index contributed by atoms with van der Waals surface area (Å²) >= 11 is 0. The molecule has 1 atom stereocenters. The zero-order chi connectivity index (χ0) is 21.0. The van der Waals surface area contributed by atoms with E-state index in [4.69, 9.17) is 9.72 Å². The van der Waals surface area contributed by atoms with Gasteiger partial charge in [0.2, 0.25) is 0 Å². The molecule has 0 unspecified atom stereocenters. The number of pyridine rings is 1. The summed E-state index contributed by atoms with van der Waals surface area (Å²) in [6.07, 6.45) is 5.67. The second-order valence-corrected chi connectivity index (χ2v) is 9.80. The number of amides is 1. The van der Waals surface area contributed by atoms with Crippen LogP contribution in [0.5, 0.6) is 0 Å². The summed E-state index contributed by atoms with van der Waals surface area (Å²) in [4.78, 5) is 23.7. The molecule has 1 aromatic heterocycles. The molecule has 2 saturated heterocycles. The van der Waals surface area contributed by atoms with Crippen molar-refractivity contribution in [1.29, 1.82) is 0 Å². The number of rotatable bonds is 4. The third-order valence-electron chi connectivity index (χ3n) is 5.62. The first-order chi connectivity index (χ1) is 13.7. The quantitative estimate of drug-likeness (QED) is 0.751. The molecule has 0 aliphatic carbocycles. The predicted octanol–water partition coefficient (Wildman–Crippen LogP) is 4.32. The maximum Gasteiger partial charge on any atom is 0.410 e. The highest BCUT2D eigenvalue weighted by Gasteiger charge is 2.27. The van der Waals surface area contributed by atoms with Crippen molar-refractivity contribution in [2.45, 2.75) is 65.5 Å². The van der Waals surface area contributed by atoms with Crippen molar-refractivity contribution in [3.8, 4) is 0 Å². The van der Waals surface area contributed by atoms with E-state index < -0.39 is 5.60 Å². The lowest BCUT2D eigenvalue weighted by atomic mass is 9.95. The monoisotopic (exact) mass is 402 g/mol. The van der Waals surface area contributed by atoms with Crippen molar-refractivity contribution in [3.05, 3.63) is 23.9 Å². The molecule has 162 valence electrons. The van der Waals surface area contributed by atoms with Crippen molar-refractivity contribution in [1.82, 2.24) is 14.8 Å². The van der Waals surface area contributed by atoms with Gasteiger partial charge in [0.05, 0.1) is 0 Å². The summed E-state index contributed by atoms with van der Waals surface area (Å²) in [7, 11) is 0. The number of aromatic nitrogens is 1. The van der Waals surface area contributed by atoms with Gasteiger partial charge >= 0.3 is 6.09 Å². The number of carbonyl (C=O) groups is 1. The van der Waals surface area contributed by atoms with Gasteiger partial charge in [-0.1, -0.05) is 26.3 Å². The van der Waals surface area contributed by atoms with Gasteiger partial charge in [0.1, 0.15) is 11.4 Å². The lowest BCUT2D eigenvalue weighted by Gasteiger charge is -2.38. The molecule has 1 amide bonds. The Kier molecular flexibility index (Phi) is 7.04. The smallest absolute Gasteiger partial charge is 0.410 e. The number of anilines is 1. The summed E-state index contributed by atoms with van der Waals surface area (Å²) < 4.78 is 5.49. The minimum atomic E-state index is -0.450. The van der Waals surface area contributed by atoms with Crippen LogP contribution in [0.25, 0.3) is 0 Å². The number of nitrogens with zero attached hydrogens (tertiary/aromatic N) is 4. The topological polar surface area (TPSA) is 48.9 Å². The predicted molar refractivity (Wildman–Crippen MR) is 117 cm³/mol. The first-order valence-corrected chi connectivity index (χ1v) is 11.2. The molecule has 6 nitrogen and oxygen atoms in total. The van der Waals surface area contributed by atoms with Crippen LogP contribution in [0, 0.1) is 5.92 Å². The minimum absolute atomic E-state index is 0.219. The molecule has 2 fully saturated rings. The lowest BCUT2D eigenvalue weighted by molar-refractivity contribution is 0.0240. The minimum Gasteiger partial charge on any atom is -0.444 e. The first kappa shape index (κ1) is 21.9. The first-order valence-electron chi connectivity index (χ1n) is 11.2. The number of hydrogen-bond donors (Lipinski definition) is 0. The maximum atomic E-state index is 12.2. The Morgan fingerprint density at radius 2 is 1.86 bits per heavy atom. The fraction of sp³-hybridized carbons (Fsp3) is 0.739. The summed E-state index contributed by atoms with van der Waals surface area (Å²) in [5.41, 5.74) is 0.884. The average molecular weight is 403 g/mol. The van der Waals surface area contributed by atoms with Crippen molar-refractivity contribution in [3.63, 3.8) is 0 Å². The van der Waals surface area contributed by atoms with Gasteiger partial charge in [-0.2, -0.15) is 0 Å². The zero-order valence-corrected chi connectivity index (χ0v) is 18.9. The number of ether oxygens (including phenoxy) is 1.